The second-order valence-electron chi connectivity index (χ2n) is 4.83. The van der Waals surface area contributed by atoms with E-state index >= 15 is 0 Å². The molecule has 1 unspecified atom stereocenters. The van der Waals surface area contributed by atoms with E-state index in [4.69, 9.17) is 0 Å². The second kappa shape index (κ2) is 6.99. The Labute approximate surface area is 127 Å². The van der Waals surface area contributed by atoms with E-state index in [-0.39, 0.29) is 11.9 Å². The van der Waals surface area contributed by atoms with Crippen LogP contribution in [0.3, 0.4) is 0 Å². The molecule has 2 rings (SSSR count). The molecule has 0 aliphatic rings. The molecule has 0 saturated carbocycles. The zero-order valence-electron chi connectivity index (χ0n) is 11.7. The van der Waals surface area contributed by atoms with Crippen LogP contribution in [0.1, 0.15) is 30.8 Å². The molecule has 1 aromatic heterocycles. The van der Waals surface area contributed by atoms with Crippen molar-refractivity contribution in [3.05, 3.63) is 52.3 Å². The van der Waals surface area contributed by atoms with Gasteiger partial charge in [0.25, 0.3) is 0 Å². The number of hydrogen-bond acceptors (Lipinski definition) is 2. The van der Waals surface area contributed by atoms with Gasteiger partial charge in [-0.15, -0.1) is 0 Å². The van der Waals surface area contributed by atoms with Crippen molar-refractivity contribution < 1.29 is 4.39 Å². The highest BCUT2D eigenvalue weighted by Gasteiger charge is 2.18. The number of nitrogens with one attached hydrogen (secondary N) is 1. The predicted molar refractivity (Wildman–Crippen MR) is 82.0 cm³/mol. The lowest BCUT2D eigenvalue weighted by Crippen LogP contribution is -2.26. The van der Waals surface area contributed by atoms with Crippen LogP contribution >= 0.6 is 15.9 Å². The highest BCUT2D eigenvalue weighted by atomic mass is 79.9. The summed E-state index contributed by atoms with van der Waals surface area (Å²) in [5, 5.41) is 3.41. The average Bonchev–Trinajstić information content (AvgIpc) is 2.83. The number of aryl methyl sites for hydroxylation is 1. The monoisotopic (exact) mass is 339 g/mol. The third-order valence-corrected chi connectivity index (χ3v) is 3.78. The van der Waals surface area contributed by atoms with E-state index < -0.39 is 0 Å². The van der Waals surface area contributed by atoms with Gasteiger partial charge >= 0.3 is 0 Å². The molecule has 1 atom stereocenters. The molecule has 0 amide bonds. The molecule has 5 heteroatoms. The molecule has 0 radical (unpaired) electrons. The Balaban J connectivity index is 2.27. The fourth-order valence-corrected chi connectivity index (χ4v) is 2.55. The molecule has 0 saturated heterocycles. The first kappa shape index (κ1) is 15.2. The van der Waals surface area contributed by atoms with Gasteiger partial charge in [-0.05, 0) is 31.2 Å². The van der Waals surface area contributed by atoms with Crippen molar-refractivity contribution in [1.29, 1.82) is 0 Å². The summed E-state index contributed by atoms with van der Waals surface area (Å²) < 4.78 is 16.9. The minimum absolute atomic E-state index is 0.0754. The van der Waals surface area contributed by atoms with Crippen LogP contribution in [0.5, 0.6) is 0 Å². The van der Waals surface area contributed by atoms with Crippen LogP contribution in [0.25, 0.3) is 0 Å². The Morgan fingerprint density at radius 2 is 2.25 bits per heavy atom. The SMILES string of the molecule is CCCNC(Cc1nccn1C)c1cc(Br)ccc1F. The van der Waals surface area contributed by atoms with Crippen molar-refractivity contribution in [2.24, 2.45) is 7.05 Å². The molecule has 20 heavy (non-hydrogen) atoms. The lowest BCUT2D eigenvalue weighted by molar-refractivity contribution is 0.484. The smallest absolute Gasteiger partial charge is 0.128 e. The fraction of sp³-hybridized carbons (Fsp3) is 0.400. The normalized spacial score (nSPS) is 12.6. The van der Waals surface area contributed by atoms with Crippen LogP contribution in [-0.4, -0.2) is 16.1 Å². The Morgan fingerprint density at radius 3 is 2.90 bits per heavy atom. The zero-order valence-corrected chi connectivity index (χ0v) is 13.3. The summed E-state index contributed by atoms with van der Waals surface area (Å²) in [6.07, 6.45) is 5.34. The Kier molecular flexibility index (Phi) is 5.31. The fourth-order valence-electron chi connectivity index (χ4n) is 2.17. The molecule has 1 heterocycles. The van der Waals surface area contributed by atoms with Crippen LogP contribution in [-0.2, 0) is 13.5 Å². The van der Waals surface area contributed by atoms with Crippen molar-refractivity contribution in [3.63, 3.8) is 0 Å². The lowest BCUT2D eigenvalue weighted by Gasteiger charge is -2.19. The number of halogens is 2. The summed E-state index contributed by atoms with van der Waals surface area (Å²) in [4.78, 5) is 4.33. The van der Waals surface area contributed by atoms with E-state index in [1.54, 1.807) is 12.3 Å². The van der Waals surface area contributed by atoms with Crippen molar-refractivity contribution >= 4 is 15.9 Å². The summed E-state index contributed by atoms with van der Waals surface area (Å²) in [6.45, 7) is 2.95. The maximum Gasteiger partial charge on any atom is 0.128 e. The van der Waals surface area contributed by atoms with E-state index in [0.29, 0.717) is 12.0 Å². The highest BCUT2D eigenvalue weighted by molar-refractivity contribution is 9.10. The van der Waals surface area contributed by atoms with E-state index in [0.717, 1.165) is 23.3 Å². The minimum atomic E-state index is -0.184. The molecule has 1 N–H and O–H groups in total. The van der Waals surface area contributed by atoms with Gasteiger partial charge < -0.3 is 9.88 Å². The quantitative estimate of drug-likeness (QED) is 0.871. The molecule has 0 aliphatic carbocycles. The first-order valence-corrected chi connectivity index (χ1v) is 7.55. The van der Waals surface area contributed by atoms with Crippen molar-refractivity contribution in [2.75, 3.05) is 6.54 Å². The average molecular weight is 340 g/mol. The van der Waals surface area contributed by atoms with Gasteiger partial charge in [0, 0.05) is 41.9 Å². The van der Waals surface area contributed by atoms with Gasteiger partial charge in [0.15, 0.2) is 0 Å². The van der Waals surface area contributed by atoms with E-state index in [9.17, 15) is 4.39 Å². The largest absolute Gasteiger partial charge is 0.338 e. The van der Waals surface area contributed by atoms with E-state index in [2.05, 4.69) is 33.2 Å². The Bertz CT molecular complexity index is 568. The van der Waals surface area contributed by atoms with Gasteiger partial charge in [0.05, 0.1) is 0 Å². The maximum atomic E-state index is 14.1. The lowest BCUT2D eigenvalue weighted by atomic mass is 10.0. The first-order valence-electron chi connectivity index (χ1n) is 6.76. The van der Waals surface area contributed by atoms with Crippen LogP contribution < -0.4 is 5.32 Å². The molecule has 2 aromatic rings. The van der Waals surface area contributed by atoms with Gasteiger partial charge in [-0.2, -0.15) is 0 Å². The predicted octanol–water partition coefficient (Wildman–Crippen LogP) is 3.61. The van der Waals surface area contributed by atoms with Crippen LogP contribution in [0.15, 0.2) is 35.1 Å². The van der Waals surface area contributed by atoms with E-state index in [1.807, 2.05) is 23.9 Å². The van der Waals surface area contributed by atoms with Crippen LogP contribution in [0, 0.1) is 5.82 Å². The second-order valence-corrected chi connectivity index (χ2v) is 5.75. The summed E-state index contributed by atoms with van der Waals surface area (Å²) in [7, 11) is 1.95. The maximum absolute atomic E-state index is 14.1. The molecular formula is C15H19BrFN3. The molecule has 1 aromatic carbocycles. The highest BCUT2D eigenvalue weighted by Crippen LogP contribution is 2.24. The topological polar surface area (TPSA) is 29.9 Å². The van der Waals surface area contributed by atoms with Gasteiger partial charge in [0.1, 0.15) is 11.6 Å². The Morgan fingerprint density at radius 1 is 1.45 bits per heavy atom. The molecular weight excluding hydrogens is 321 g/mol. The number of hydrogen-bond donors (Lipinski definition) is 1. The third-order valence-electron chi connectivity index (χ3n) is 3.28. The van der Waals surface area contributed by atoms with E-state index in [1.165, 1.54) is 6.07 Å². The third kappa shape index (κ3) is 3.67. The number of nitrogens with zero attached hydrogens (tertiary/aromatic N) is 2. The van der Waals surface area contributed by atoms with Crippen molar-refractivity contribution in [1.82, 2.24) is 14.9 Å². The summed E-state index contributed by atoms with van der Waals surface area (Å²) in [5.41, 5.74) is 0.677. The van der Waals surface area contributed by atoms with Gasteiger partial charge in [0.2, 0.25) is 0 Å². The summed E-state index contributed by atoms with van der Waals surface area (Å²) in [5.74, 6) is 0.758. The van der Waals surface area contributed by atoms with Gasteiger partial charge in [-0.3, -0.25) is 0 Å². The van der Waals surface area contributed by atoms with Crippen molar-refractivity contribution in [3.8, 4) is 0 Å². The molecule has 0 fully saturated rings. The number of imidazole rings is 1. The first-order chi connectivity index (χ1) is 9.61. The number of benzene rings is 1. The van der Waals surface area contributed by atoms with Crippen LogP contribution in [0.4, 0.5) is 4.39 Å². The molecule has 0 aliphatic heterocycles. The minimum Gasteiger partial charge on any atom is -0.338 e. The molecule has 0 spiro atoms. The summed E-state index contributed by atoms with van der Waals surface area (Å²) >= 11 is 3.41. The molecule has 108 valence electrons. The van der Waals surface area contributed by atoms with Crippen LogP contribution in [0.2, 0.25) is 0 Å². The molecule has 0 bridgehead atoms. The number of rotatable bonds is 6. The number of aromatic nitrogens is 2. The molecule has 3 nitrogen and oxygen atoms in total. The zero-order chi connectivity index (χ0) is 14.5. The van der Waals surface area contributed by atoms with Gasteiger partial charge in [-0.25, -0.2) is 9.37 Å². The van der Waals surface area contributed by atoms with Gasteiger partial charge in [-0.1, -0.05) is 22.9 Å². The summed E-state index contributed by atoms with van der Waals surface area (Å²) in [6, 6.07) is 4.98. The Hall–Kier alpha value is -1.20. The van der Waals surface area contributed by atoms with Crippen molar-refractivity contribution in [2.45, 2.75) is 25.8 Å². The standard InChI is InChI=1S/C15H19BrFN3/c1-3-6-18-14(10-15-19-7-8-20(15)2)12-9-11(16)4-5-13(12)17/h4-5,7-9,14,18H,3,6,10H2,1-2H3.